The summed E-state index contributed by atoms with van der Waals surface area (Å²) < 4.78 is 12.5. The number of furan rings is 1. The van der Waals surface area contributed by atoms with Crippen molar-refractivity contribution in [1.82, 2.24) is 9.55 Å². The summed E-state index contributed by atoms with van der Waals surface area (Å²) in [7, 11) is 0. The minimum atomic E-state index is -0.617. The van der Waals surface area contributed by atoms with Crippen molar-refractivity contribution in [1.29, 1.82) is 0 Å². The molecule has 0 atom stereocenters. The maximum atomic E-state index is 12.0. The van der Waals surface area contributed by atoms with E-state index in [1.54, 1.807) is 24.5 Å². The zero-order chi connectivity index (χ0) is 20.8. The fraction of sp³-hybridized carbons (Fsp3) is 0.190. The molecule has 3 heterocycles. The Bertz CT molecular complexity index is 1040. The number of amides is 1. The second-order valence-electron chi connectivity index (χ2n) is 6.32. The van der Waals surface area contributed by atoms with Gasteiger partial charge >= 0.3 is 5.97 Å². The van der Waals surface area contributed by atoms with Crippen molar-refractivity contribution in [3.8, 4) is 0 Å². The summed E-state index contributed by atoms with van der Waals surface area (Å²) in [6.45, 7) is 4.14. The number of carbonyl (C=O) groups excluding carboxylic acids is 2. The highest BCUT2D eigenvalue weighted by Gasteiger charge is 2.11. The van der Waals surface area contributed by atoms with Crippen LogP contribution in [0.25, 0.3) is 6.08 Å². The zero-order valence-electron chi connectivity index (χ0n) is 16.0. The standard InChI is InChI=1S/C21H20ClN3O4/c1-14-11-16(15(2)25(14)12-17-5-4-10-28-17)7-8-20(27)29-13-19(26)24-18-6-3-9-23-21(18)22/h3-11H,12-13H2,1-2H3,(H,24,26)/b8-7+. The van der Waals surface area contributed by atoms with Crippen LogP contribution >= 0.6 is 11.6 Å². The van der Waals surface area contributed by atoms with Gasteiger partial charge in [-0.3, -0.25) is 4.79 Å². The molecule has 0 spiro atoms. The van der Waals surface area contributed by atoms with Crippen LogP contribution in [0.2, 0.25) is 5.15 Å². The molecule has 0 fully saturated rings. The van der Waals surface area contributed by atoms with E-state index in [4.69, 9.17) is 20.8 Å². The fourth-order valence-electron chi connectivity index (χ4n) is 2.81. The molecular weight excluding hydrogens is 394 g/mol. The van der Waals surface area contributed by atoms with Crippen molar-refractivity contribution >= 4 is 35.2 Å². The maximum absolute atomic E-state index is 12.0. The first-order chi connectivity index (χ1) is 13.9. The van der Waals surface area contributed by atoms with Gasteiger partial charge < -0.3 is 19.0 Å². The lowest BCUT2D eigenvalue weighted by Gasteiger charge is -2.07. The van der Waals surface area contributed by atoms with Crippen LogP contribution in [0.3, 0.4) is 0 Å². The van der Waals surface area contributed by atoms with E-state index in [1.165, 1.54) is 12.3 Å². The summed E-state index contributed by atoms with van der Waals surface area (Å²) in [5, 5.41) is 2.70. The van der Waals surface area contributed by atoms with E-state index in [0.717, 1.165) is 22.7 Å². The molecule has 0 radical (unpaired) electrons. The number of pyridine rings is 1. The first-order valence-corrected chi connectivity index (χ1v) is 9.26. The fourth-order valence-corrected chi connectivity index (χ4v) is 2.97. The van der Waals surface area contributed by atoms with Crippen LogP contribution in [0.5, 0.6) is 0 Å². The molecule has 29 heavy (non-hydrogen) atoms. The SMILES string of the molecule is Cc1cc(/C=C/C(=O)OCC(=O)Nc2cccnc2Cl)c(C)n1Cc1ccco1. The third-order valence-electron chi connectivity index (χ3n) is 4.28. The molecule has 0 aliphatic heterocycles. The van der Waals surface area contributed by atoms with Gasteiger partial charge in [0.1, 0.15) is 5.76 Å². The highest BCUT2D eigenvalue weighted by atomic mass is 35.5. The molecule has 1 amide bonds. The number of aromatic nitrogens is 2. The number of rotatable bonds is 7. The molecule has 7 nitrogen and oxygen atoms in total. The lowest BCUT2D eigenvalue weighted by molar-refractivity contribution is -0.142. The highest BCUT2D eigenvalue weighted by molar-refractivity contribution is 6.32. The van der Waals surface area contributed by atoms with E-state index < -0.39 is 18.5 Å². The lowest BCUT2D eigenvalue weighted by Crippen LogP contribution is -2.20. The van der Waals surface area contributed by atoms with E-state index in [1.807, 2.05) is 32.0 Å². The Labute approximate surface area is 172 Å². The van der Waals surface area contributed by atoms with E-state index in [9.17, 15) is 9.59 Å². The van der Waals surface area contributed by atoms with Gasteiger partial charge in [0.25, 0.3) is 5.91 Å². The van der Waals surface area contributed by atoms with E-state index in [0.29, 0.717) is 12.2 Å². The molecule has 0 aliphatic rings. The molecule has 0 aliphatic carbocycles. The zero-order valence-corrected chi connectivity index (χ0v) is 16.8. The van der Waals surface area contributed by atoms with Crippen LogP contribution in [0.4, 0.5) is 5.69 Å². The first-order valence-electron chi connectivity index (χ1n) is 8.88. The van der Waals surface area contributed by atoms with Crippen molar-refractivity contribution < 1.29 is 18.7 Å². The van der Waals surface area contributed by atoms with Gasteiger partial charge in [-0.2, -0.15) is 0 Å². The molecule has 0 saturated carbocycles. The van der Waals surface area contributed by atoms with Crippen LogP contribution in [-0.2, 0) is 20.9 Å². The molecule has 3 aromatic heterocycles. The van der Waals surface area contributed by atoms with Crippen LogP contribution < -0.4 is 5.32 Å². The number of nitrogens with one attached hydrogen (secondary N) is 1. The number of anilines is 1. The van der Waals surface area contributed by atoms with Crippen LogP contribution in [-0.4, -0.2) is 28.0 Å². The van der Waals surface area contributed by atoms with Crippen LogP contribution in [0, 0.1) is 13.8 Å². The van der Waals surface area contributed by atoms with Gasteiger partial charge in [-0.15, -0.1) is 0 Å². The number of ether oxygens (including phenoxy) is 1. The van der Waals surface area contributed by atoms with Crippen LogP contribution in [0.15, 0.2) is 53.3 Å². The Kier molecular flexibility index (Phi) is 6.51. The molecule has 3 rings (SSSR count). The van der Waals surface area contributed by atoms with Gasteiger partial charge in [-0.05, 0) is 55.8 Å². The number of hydrogen-bond donors (Lipinski definition) is 1. The molecule has 0 saturated heterocycles. The van der Waals surface area contributed by atoms with Crippen molar-refractivity contribution in [2.45, 2.75) is 20.4 Å². The quantitative estimate of drug-likeness (QED) is 0.359. The molecule has 8 heteroatoms. The van der Waals surface area contributed by atoms with Crippen molar-refractivity contribution in [3.63, 3.8) is 0 Å². The normalized spacial score (nSPS) is 11.0. The van der Waals surface area contributed by atoms with Crippen molar-refractivity contribution in [2.24, 2.45) is 0 Å². The lowest BCUT2D eigenvalue weighted by atomic mass is 10.2. The van der Waals surface area contributed by atoms with Gasteiger partial charge in [0.2, 0.25) is 0 Å². The smallest absolute Gasteiger partial charge is 0.331 e. The summed E-state index contributed by atoms with van der Waals surface area (Å²) in [6.07, 6.45) is 6.11. The van der Waals surface area contributed by atoms with Crippen molar-refractivity contribution in [2.75, 3.05) is 11.9 Å². The predicted molar refractivity (Wildman–Crippen MR) is 110 cm³/mol. The minimum absolute atomic E-state index is 0.164. The molecule has 1 N–H and O–H groups in total. The highest BCUT2D eigenvalue weighted by Crippen LogP contribution is 2.19. The maximum Gasteiger partial charge on any atom is 0.331 e. The molecule has 0 unspecified atom stereocenters. The van der Waals surface area contributed by atoms with Gasteiger partial charge in [-0.25, -0.2) is 9.78 Å². The van der Waals surface area contributed by atoms with Gasteiger partial charge in [0, 0.05) is 23.7 Å². The van der Waals surface area contributed by atoms with E-state index in [-0.39, 0.29) is 5.15 Å². The molecule has 0 aromatic carbocycles. The summed E-state index contributed by atoms with van der Waals surface area (Å²) >= 11 is 5.87. The second kappa shape index (κ2) is 9.25. The number of esters is 1. The summed E-state index contributed by atoms with van der Waals surface area (Å²) in [6, 6.07) is 8.97. The molecule has 3 aromatic rings. The third-order valence-corrected chi connectivity index (χ3v) is 4.59. The van der Waals surface area contributed by atoms with E-state index >= 15 is 0 Å². The number of halogens is 1. The number of nitrogens with zero attached hydrogens (tertiary/aromatic N) is 2. The minimum Gasteiger partial charge on any atom is -0.467 e. The molecular formula is C21H20ClN3O4. The van der Waals surface area contributed by atoms with Gasteiger partial charge in [0.05, 0.1) is 18.5 Å². The Balaban J connectivity index is 1.55. The molecule has 150 valence electrons. The van der Waals surface area contributed by atoms with Gasteiger partial charge in [-0.1, -0.05) is 11.6 Å². The number of aryl methyl sites for hydroxylation is 1. The number of carbonyl (C=O) groups is 2. The summed E-state index contributed by atoms with van der Waals surface area (Å²) in [4.78, 5) is 27.7. The van der Waals surface area contributed by atoms with Crippen LogP contribution in [0.1, 0.15) is 22.7 Å². The Morgan fingerprint density at radius 2 is 2.14 bits per heavy atom. The van der Waals surface area contributed by atoms with E-state index in [2.05, 4.69) is 14.9 Å². The average molecular weight is 414 g/mol. The Hall–Kier alpha value is -3.32. The Morgan fingerprint density at radius 1 is 1.31 bits per heavy atom. The van der Waals surface area contributed by atoms with Gasteiger partial charge in [0.15, 0.2) is 11.8 Å². The topological polar surface area (TPSA) is 86.4 Å². The molecule has 0 bridgehead atoms. The summed E-state index contributed by atoms with van der Waals surface area (Å²) in [5.41, 5.74) is 3.28. The Morgan fingerprint density at radius 3 is 2.86 bits per heavy atom. The monoisotopic (exact) mass is 413 g/mol. The van der Waals surface area contributed by atoms with Crippen molar-refractivity contribution in [3.05, 3.63) is 76.7 Å². The predicted octanol–water partition coefficient (Wildman–Crippen LogP) is 3.99. The largest absolute Gasteiger partial charge is 0.467 e. The first kappa shape index (κ1) is 20.4. The average Bonchev–Trinajstić information content (AvgIpc) is 3.30. The number of hydrogen-bond acceptors (Lipinski definition) is 5. The third kappa shape index (κ3) is 5.36. The second-order valence-corrected chi connectivity index (χ2v) is 6.68. The summed E-state index contributed by atoms with van der Waals surface area (Å²) in [5.74, 6) is -0.270.